The number of esters is 1. The maximum absolute atomic E-state index is 12.7. The van der Waals surface area contributed by atoms with E-state index < -0.39 is 0 Å². The number of carbonyl (C=O) groups excluding carboxylic acids is 1. The van der Waals surface area contributed by atoms with E-state index in [4.69, 9.17) is 14.2 Å². The molecule has 3 heterocycles. The SMILES string of the molecule is Cc1ccc2c(c1C)C(=O)O[C@@H]2C1c2c(cc3c(c2C)OCO3)CCN1C. The Bertz CT molecular complexity index is 981. The van der Waals surface area contributed by atoms with Crippen LogP contribution < -0.4 is 9.47 Å². The zero-order valence-electron chi connectivity index (χ0n) is 16.1. The van der Waals surface area contributed by atoms with Gasteiger partial charge in [-0.3, -0.25) is 4.90 Å². The van der Waals surface area contributed by atoms with Crippen molar-refractivity contribution in [1.29, 1.82) is 0 Å². The number of benzene rings is 2. The summed E-state index contributed by atoms with van der Waals surface area (Å²) < 4.78 is 17.3. The van der Waals surface area contributed by atoms with Crippen LogP contribution in [-0.4, -0.2) is 31.3 Å². The van der Waals surface area contributed by atoms with Gasteiger partial charge in [0.25, 0.3) is 0 Å². The summed E-state index contributed by atoms with van der Waals surface area (Å²) in [5, 5.41) is 0. The Morgan fingerprint density at radius 3 is 2.74 bits per heavy atom. The van der Waals surface area contributed by atoms with Gasteiger partial charge in [-0.05, 0) is 62.6 Å². The summed E-state index contributed by atoms with van der Waals surface area (Å²) in [6.07, 6.45) is 0.634. The Labute approximate surface area is 158 Å². The van der Waals surface area contributed by atoms with E-state index in [0.717, 1.165) is 52.3 Å². The summed E-state index contributed by atoms with van der Waals surface area (Å²) >= 11 is 0. The van der Waals surface area contributed by atoms with Crippen molar-refractivity contribution >= 4 is 5.97 Å². The average Bonchev–Trinajstić information content (AvgIpc) is 3.24. The Hall–Kier alpha value is -2.53. The third kappa shape index (κ3) is 2.24. The minimum Gasteiger partial charge on any atom is -0.454 e. The molecule has 0 N–H and O–H groups in total. The lowest BCUT2D eigenvalue weighted by atomic mass is 9.83. The van der Waals surface area contributed by atoms with Crippen molar-refractivity contribution in [1.82, 2.24) is 4.90 Å². The quantitative estimate of drug-likeness (QED) is 0.720. The number of nitrogens with zero attached hydrogens (tertiary/aromatic N) is 1. The summed E-state index contributed by atoms with van der Waals surface area (Å²) in [4.78, 5) is 15.0. The highest BCUT2D eigenvalue weighted by molar-refractivity contribution is 5.96. The highest BCUT2D eigenvalue weighted by Crippen LogP contribution is 2.50. The van der Waals surface area contributed by atoms with Crippen LogP contribution in [0.1, 0.15) is 55.9 Å². The van der Waals surface area contributed by atoms with Crippen molar-refractivity contribution in [3.63, 3.8) is 0 Å². The Morgan fingerprint density at radius 2 is 1.93 bits per heavy atom. The molecule has 0 fully saturated rings. The van der Waals surface area contributed by atoms with Gasteiger partial charge in [0.1, 0.15) is 6.10 Å². The summed E-state index contributed by atoms with van der Waals surface area (Å²) in [6, 6.07) is 6.20. The van der Waals surface area contributed by atoms with Crippen LogP contribution in [0.5, 0.6) is 11.5 Å². The fraction of sp³-hybridized carbons (Fsp3) is 0.409. The van der Waals surface area contributed by atoms with Crippen molar-refractivity contribution < 1.29 is 19.0 Å². The Kier molecular flexibility index (Phi) is 3.53. The monoisotopic (exact) mass is 365 g/mol. The van der Waals surface area contributed by atoms with Crippen LogP contribution >= 0.6 is 0 Å². The van der Waals surface area contributed by atoms with E-state index in [9.17, 15) is 4.79 Å². The molecule has 0 aliphatic carbocycles. The first kappa shape index (κ1) is 16.6. The first-order valence-electron chi connectivity index (χ1n) is 9.40. The van der Waals surface area contributed by atoms with Crippen LogP contribution in [0.4, 0.5) is 0 Å². The Morgan fingerprint density at radius 1 is 1.11 bits per heavy atom. The molecule has 1 unspecified atom stereocenters. The molecular weight excluding hydrogens is 342 g/mol. The zero-order chi connectivity index (χ0) is 18.9. The average molecular weight is 365 g/mol. The topological polar surface area (TPSA) is 48.0 Å². The molecule has 2 atom stereocenters. The van der Waals surface area contributed by atoms with Gasteiger partial charge in [0.2, 0.25) is 6.79 Å². The van der Waals surface area contributed by atoms with Gasteiger partial charge >= 0.3 is 5.97 Å². The fourth-order valence-electron chi connectivity index (χ4n) is 4.76. The maximum atomic E-state index is 12.7. The molecule has 2 aromatic carbocycles. The van der Waals surface area contributed by atoms with E-state index in [-0.39, 0.29) is 24.9 Å². The number of aryl methyl sites for hydroxylation is 1. The standard InChI is InChI=1S/C22H23NO4/c1-11-5-6-15-18(12(11)2)22(24)27-21(15)19-17-13(3)20-16(25-10-26-20)9-14(17)7-8-23(19)4/h5-6,9,19,21H,7-8,10H2,1-4H3/t19?,21-/m0/s1. The van der Waals surface area contributed by atoms with E-state index in [2.05, 4.69) is 37.1 Å². The molecular formula is C22H23NO4. The molecule has 0 bridgehead atoms. The van der Waals surface area contributed by atoms with Crippen LogP contribution in [0, 0.1) is 20.8 Å². The third-order valence-corrected chi connectivity index (χ3v) is 6.34. The van der Waals surface area contributed by atoms with Gasteiger partial charge in [-0.1, -0.05) is 12.1 Å². The molecule has 0 spiro atoms. The summed E-state index contributed by atoms with van der Waals surface area (Å²) in [5.41, 5.74) is 7.41. The number of hydrogen-bond acceptors (Lipinski definition) is 5. The number of cyclic esters (lactones) is 1. The van der Waals surface area contributed by atoms with Gasteiger partial charge in [-0.25, -0.2) is 4.79 Å². The number of likely N-dealkylation sites (N-methyl/N-ethyl adjacent to an activating group) is 1. The molecule has 3 aliphatic rings. The van der Waals surface area contributed by atoms with Gasteiger partial charge < -0.3 is 14.2 Å². The number of rotatable bonds is 1. The van der Waals surface area contributed by atoms with Gasteiger partial charge in [0.15, 0.2) is 11.5 Å². The smallest absolute Gasteiger partial charge is 0.339 e. The summed E-state index contributed by atoms with van der Waals surface area (Å²) in [5.74, 6) is 1.43. The minimum absolute atomic E-state index is 0.0319. The lowest BCUT2D eigenvalue weighted by Crippen LogP contribution is -2.36. The van der Waals surface area contributed by atoms with Crippen molar-refractivity contribution in [2.45, 2.75) is 39.3 Å². The predicted octanol–water partition coefficient (Wildman–Crippen LogP) is 3.78. The number of fused-ring (bicyclic) bond motifs is 3. The number of carbonyl (C=O) groups is 1. The second-order valence-corrected chi connectivity index (χ2v) is 7.78. The highest BCUT2D eigenvalue weighted by atomic mass is 16.7. The number of hydrogen-bond donors (Lipinski definition) is 0. The summed E-state index contributed by atoms with van der Waals surface area (Å²) in [7, 11) is 2.10. The van der Waals surface area contributed by atoms with Crippen molar-refractivity contribution in [2.75, 3.05) is 20.4 Å². The second kappa shape index (κ2) is 5.73. The van der Waals surface area contributed by atoms with E-state index in [1.165, 1.54) is 11.1 Å². The van der Waals surface area contributed by atoms with Crippen LogP contribution in [0.25, 0.3) is 0 Å². The zero-order valence-corrected chi connectivity index (χ0v) is 16.1. The van der Waals surface area contributed by atoms with Crippen molar-refractivity contribution in [3.05, 3.63) is 57.1 Å². The molecule has 5 heteroatoms. The van der Waals surface area contributed by atoms with Crippen LogP contribution in [0.3, 0.4) is 0 Å². The molecule has 0 aromatic heterocycles. The van der Waals surface area contributed by atoms with Gasteiger partial charge in [-0.15, -0.1) is 0 Å². The van der Waals surface area contributed by atoms with E-state index in [1.807, 2.05) is 13.8 Å². The first-order valence-corrected chi connectivity index (χ1v) is 9.40. The second-order valence-electron chi connectivity index (χ2n) is 7.78. The van der Waals surface area contributed by atoms with E-state index in [0.29, 0.717) is 0 Å². The van der Waals surface area contributed by atoms with E-state index in [1.54, 1.807) is 0 Å². The largest absolute Gasteiger partial charge is 0.454 e. The van der Waals surface area contributed by atoms with Crippen molar-refractivity contribution in [2.24, 2.45) is 0 Å². The van der Waals surface area contributed by atoms with Crippen LogP contribution in [0.2, 0.25) is 0 Å². The lowest BCUT2D eigenvalue weighted by molar-refractivity contribution is 0.00924. The molecule has 0 saturated carbocycles. The fourth-order valence-corrected chi connectivity index (χ4v) is 4.76. The van der Waals surface area contributed by atoms with Crippen LogP contribution in [-0.2, 0) is 11.2 Å². The van der Waals surface area contributed by atoms with Gasteiger partial charge in [0, 0.05) is 17.7 Å². The molecule has 0 saturated heterocycles. The maximum Gasteiger partial charge on any atom is 0.339 e. The summed E-state index contributed by atoms with van der Waals surface area (Å²) in [6.45, 7) is 7.28. The predicted molar refractivity (Wildman–Crippen MR) is 100 cm³/mol. The molecule has 5 nitrogen and oxygen atoms in total. The van der Waals surface area contributed by atoms with Gasteiger partial charge in [0.05, 0.1) is 11.6 Å². The lowest BCUT2D eigenvalue weighted by Gasteiger charge is -2.38. The normalized spacial score (nSPS) is 23.2. The third-order valence-electron chi connectivity index (χ3n) is 6.34. The van der Waals surface area contributed by atoms with Crippen LogP contribution in [0.15, 0.2) is 18.2 Å². The highest BCUT2D eigenvalue weighted by Gasteiger charge is 2.44. The molecule has 5 rings (SSSR count). The van der Waals surface area contributed by atoms with Gasteiger partial charge in [-0.2, -0.15) is 0 Å². The molecule has 2 aromatic rings. The Balaban J connectivity index is 1.69. The minimum atomic E-state index is -0.310. The van der Waals surface area contributed by atoms with Crippen molar-refractivity contribution in [3.8, 4) is 11.5 Å². The first-order chi connectivity index (χ1) is 13.0. The molecule has 0 radical (unpaired) electrons. The molecule has 27 heavy (non-hydrogen) atoms. The number of ether oxygens (including phenoxy) is 3. The molecule has 140 valence electrons. The van der Waals surface area contributed by atoms with E-state index >= 15 is 0 Å². The molecule has 3 aliphatic heterocycles. The molecule has 0 amide bonds.